The van der Waals surface area contributed by atoms with E-state index in [0.29, 0.717) is 16.4 Å². The molecule has 0 aromatic carbocycles. The van der Waals surface area contributed by atoms with Gasteiger partial charge < -0.3 is 9.32 Å². The predicted octanol–water partition coefficient (Wildman–Crippen LogP) is 3.40. The predicted molar refractivity (Wildman–Crippen MR) is 76.5 cm³/mol. The molecule has 0 saturated carbocycles. The number of nitrogens with zero attached hydrogens (tertiary/aromatic N) is 2. The Balaban J connectivity index is 2.33. The lowest BCUT2D eigenvalue weighted by atomic mass is 10.2. The van der Waals surface area contributed by atoms with Crippen LogP contribution in [0.4, 0.5) is 10.7 Å². The number of hydrogen-bond donors (Lipinski definition) is 0. The summed E-state index contributed by atoms with van der Waals surface area (Å²) in [5, 5.41) is 11.6. The van der Waals surface area contributed by atoms with Crippen LogP contribution in [0.25, 0.3) is 0 Å². The van der Waals surface area contributed by atoms with Crippen LogP contribution in [-0.4, -0.2) is 17.8 Å². The van der Waals surface area contributed by atoms with E-state index in [1.807, 2.05) is 13.0 Å². The Labute approximate surface area is 119 Å². The first-order chi connectivity index (χ1) is 9.40. The molecule has 2 heterocycles. The Morgan fingerprint density at radius 1 is 1.55 bits per heavy atom. The highest BCUT2D eigenvalue weighted by Crippen LogP contribution is 2.38. The first-order valence-corrected chi connectivity index (χ1v) is 6.75. The molecule has 7 heteroatoms. The smallest absolute Gasteiger partial charge is 0.304 e. The Kier molecular flexibility index (Phi) is 3.89. The van der Waals surface area contributed by atoms with E-state index >= 15 is 0 Å². The molecule has 0 aliphatic rings. The number of hydrogen-bond acceptors (Lipinski definition) is 6. The van der Waals surface area contributed by atoms with Crippen molar-refractivity contribution in [2.75, 3.05) is 11.9 Å². The molecule has 0 aliphatic carbocycles. The van der Waals surface area contributed by atoms with Crippen LogP contribution >= 0.6 is 11.3 Å². The Bertz CT molecular complexity index is 659. The van der Waals surface area contributed by atoms with E-state index < -0.39 is 4.92 Å². The highest BCUT2D eigenvalue weighted by atomic mass is 32.1. The molecule has 106 valence electrons. The van der Waals surface area contributed by atoms with Crippen LogP contribution < -0.4 is 4.90 Å². The lowest BCUT2D eigenvalue weighted by molar-refractivity contribution is -0.383. The minimum atomic E-state index is -0.461. The second-order valence-electron chi connectivity index (χ2n) is 4.47. The van der Waals surface area contributed by atoms with Crippen molar-refractivity contribution in [1.29, 1.82) is 0 Å². The molecular formula is C13H14N2O4S. The topological polar surface area (TPSA) is 76.6 Å². The van der Waals surface area contributed by atoms with E-state index in [1.54, 1.807) is 18.2 Å². The van der Waals surface area contributed by atoms with Crippen molar-refractivity contribution in [3.8, 4) is 0 Å². The fourth-order valence-corrected chi connectivity index (χ4v) is 2.83. The van der Waals surface area contributed by atoms with Crippen LogP contribution in [0, 0.1) is 17.0 Å². The third kappa shape index (κ3) is 2.72. The molecule has 0 aliphatic heterocycles. The number of aryl methyl sites for hydroxylation is 1. The number of rotatable bonds is 5. The van der Waals surface area contributed by atoms with Gasteiger partial charge in [0, 0.05) is 25.2 Å². The molecule has 0 amide bonds. The average Bonchev–Trinajstić information content (AvgIpc) is 2.96. The number of anilines is 1. The SMILES string of the molecule is CC(=O)c1cc([N+](=O)[O-])c(N(C)Cc2ccoc2C)s1. The fraction of sp³-hybridized carbons (Fsp3) is 0.308. The zero-order valence-electron chi connectivity index (χ0n) is 11.4. The van der Waals surface area contributed by atoms with Gasteiger partial charge in [-0.25, -0.2) is 0 Å². The van der Waals surface area contributed by atoms with Gasteiger partial charge in [-0.3, -0.25) is 14.9 Å². The van der Waals surface area contributed by atoms with Crippen molar-refractivity contribution in [2.24, 2.45) is 0 Å². The summed E-state index contributed by atoms with van der Waals surface area (Å²) >= 11 is 1.14. The summed E-state index contributed by atoms with van der Waals surface area (Å²) in [6.45, 7) is 3.73. The lowest BCUT2D eigenvalue weighted by Gasteiger charge is -2.15. The Morgan fingerprint density at radius 2 is 2.25 bits per heavy atom. The van der Waals surface area contributed by atoms with Gasteiger partial charge in [0.25, 0.3) is 0 Å². The second-order valence-corrected chi connectivity index (χ2v) is 5.50. The maximum Gasteiger partial charge on any atom is 0.304 e. The quantitative estimate of drug-likeness (QED) is 0.480. The van der Waals surface area contributed by atoms with E-state index in [4.69, 9.17) is 4.42 Å². The number of thiophene rings is 1. The molecule has 0 N–H and O–H groups in total. The van der Waals surface area contributed by atoms with E-state index in [0.717, 1.165) is 22.7 Å². The molecule has 0 radical (unpaired) electrons. The normalized spacial score (nSPS) is 10.6. The highest BCUT2D eigenvalue weighted by molar-refractivity contribution is 7.18. The average molecular weight is 294 g/mol. The van der Waals surface area contributed by atoms with Crippen molar-refractivity contribution >= 4 is 27.8 Å². The van der Waals surface area contributed by atoms with Crippen LogP contribution in [0.1, 0.15) is 27.9 Å². The first kappa shape index (κ1) is 14.3. The standard InChI is InChI=1S/C13H14N2O4S/c1-8(16)12-6-11(15(17)18)13(20-12)14(3)7-10-4-5-19-9(10)2/h4-6H,7H2,1-3H3. The Morgan fingerprint density at radius 3 is 2.75 bits per heavy atom. The van der Waals surface area contributed by atoms with Crippen LogP contribution in [-0.2, 0) is 6.54 Å². The summed E-state index contributed by atoms with van der Waals surface area (Å²) in [4.78, 5) is 24.2. The molecule has 0 saturated heterocycles. The number of Topliss-reactive ketones (excluding diaryl/α,β-unsaturated/α-hetero) is 1. The number of ketones is 1. The summed E-state index contributed by atoms with van der Waals surface area (Å²) in [6.07, 6.45) is 1.59. The van der Waals surface area contributed by atoms with Crippen molar-refractivity contribution in [1.82, 2.24) is 0 Å². The molecule has 0 atom stereocenters. The van der Waals surface area contributed by atoms with E-state index in [9.17, 15) is 14.9 Å². The third-order valence-corrected chi connectivity index (χ3v) is 4.30. The van der Waals surface area contributed by atoms with E-state index in [1.165, 1.54) is 13.0 Å². The van der Waals surface area contributed by atoms with Crippen LogP contribution in [0.5, 0.6) is 0 Å². The molecule has 0 fully saturated rings. The molecule has 0 bridgehead atoms. The fourth-order valence-electron chi connectivity index (χ4n) is 1.85. The van der Waals surface area contributed by atoms with Crippen LogP contribution in [0.3, 0.4) is 0 Å². The molecule has 2 aromatic rings. The monoisotopic (exact) mass is 294 g/mol. The lowest BCUT2D eigenvalue weighted by Crippen LogP contribution is -2.16. The maximum atomic E-state index is 11.4. The van der Waals surface area contributed by atoms with Crippen LogP contribution in [0.2, 0.25) is 0 Å². The molecule has 2 aromatic heterocycles. The first-order valence-electron chi connectivity index (χ1n) is 5.93. The van der Waals surface area contributed by atoms with Crippen molar-refractivity contribution in [2.45, 2.75) is 20.4 Å². The van der Waals surface area contributed by atoms with Gasteiger partial charge in [0.15, 0.2) is 10.8 Å². The molecule has 20 heavy (non-hydrogen) atoms. The van der Waals surface area contributed by atoms with Gasteiger partial charge in [0.05, 0.1) is 16.1 Å². The molecule has 0 unspecified atom stereocenters. The summed E-state index contributed by atoms with van der Waals surface area (Å²) in [7, 11) is 1.76. The van der Waals surface area contributed by atoms with Crippen molar-refractivity contribution < 1.29 is 14.1 Å². The van der Waals surface area contributed by atoms with E-state index in [2.05, 4.69) is 0 Å². The van der Waals surface area contributed by atoms with Gasteiger partial charge in [-0.1, -0.05) is 0 Å². The third-order valence-electron chi connectivity index (χ3n) is 2.96. The minimum Gasteiger partial charge on any atom is -0.469 e. The molecule has 2 rings (SSSR count). The van der Waals surface area contributed by atoms with Gasteiger partial charge in [-0.05, 0) is 19.9 Å². The highest BCUT2D eigenvalue weighted by Gasteiger charge is 2.24. The van der Waals surface area contributed by atoms with Crippen molar-refractivity contribution in [3.05, 3.63) is 44.7 Å². The van der Waals surface area contributed by atoms with Gasteiger partial charge >= 0.3 is 5.69 Å². The molecule has 0 spiro atoms. The van der Waals surface area contributed by atoms with E-state index in [-0.39, 0.29) is 11.5 Å². The van der Waals surface area contributed by atoms with Crippen LogP contribution in [0.15, 0.2) is 22.8 Å². The zero-order chi connectivity index (χ0) is 14.9. The summed E-state index contributed by atoms with van der Waals surface area (Å²) < 4.78 is 5.21. The summed E-state index contributed by atoms with van der Waals surface area (Å²) in [5.41, 5.74) is 0.920. The van der Waals surface area contributed by atoms with Gasteiger partial charge in [-0.15, -0.1) is 11.3 Å². The van der Waals surface area contributed by atoms with Gasteiger partial charge in [0.1, 0.15) is 5.76 Å². The Hall–Kier alpha value is -2.15. The minimum absolute atomic E-state index is 0.0381. The molecule has 6 nitrogen and oxygen atoms in total. The van der Waals surface area contributed by atoms with Gasteiger partial charge in [0.2, 0.25) is 0 Å². The number of carbonyl (C=O) groups is 1. The van der Waals surface area contributed by atoms with Crippen molar-refractivity contribution in [3.63, 3.8) is 0 Å². The number of carbonyl (C=O) groups excluding carboxylic acids is 1. The number of furan rings is 1. The number of nitro groups is 1. The summed E-state index contributed by atoms with van der Waals surface area (Å²) in [5.74, 6) is 0.611. The maximum absolute atomic E-state index is 11.4. The second kappa shape index (κ2) is 5.46. The zero-order valence-corrected chi connectivity index (χ0v) is 12.2. The molecular weight excluding hydrogens is 280 g/mol. The summed E-state index contributed by atoms with van der Waals surface area (Å²) in [6, 6.07) is 3.16. The largest absolute Gasteiger partial charge is 0.469 e. The van der Waals surface area contributed by atoms with Gasteiger partial charge in [-0.2, -0.15) is 0 Å².